The first-order valence-electron chi connectivity index (χ1n) is 39.9. The Morgan fingerprint density at radius 1 is 0.385 bits per heavy atom. The number of hydrogen-bond acceptors (Lipinski definition) is 19. The highest BCUT2D eigenvalue weighted by molar-refractivity contribution is 5.81. The van der Waals surface area contributed by atoms with Gasteiger partial charge in [-0.05, 0) is 118 Å². The highest BCUT2D eigenvalue weighted by Gasteiger charge is 2.36. The predicted molar refractivity (Wildman–Crippen MR) is 407 cm³/mol. The van der Waals surface area contributed by atoms with Crippen molar-refractivity contribution in [3.05, 3.63) is 119 Å². The van der Waals surface area contributed by atoms with Gasteiger partial charge >= 0.3 is 0 Å². The standard InChI is InChI=1S/C81H121F3N12O13/c1-61(2)5-3-8-80(103)90-81(58-104-46-29-68(97)6-4-7-75(98)87-49-69-21-24-72(107-69)55-94-40-34-91(35-41-94)52-62-9-15-65(82)16-10-62,59-105-47-30-78(101)85-32-27-76(99)88-50-70-22-25-73(108-70)56-95-42-36-92(37-43-95)53-63-11-17-66(83)18-12-63)60-106-48-31-79(102)86-33-28-77(100)89-51-71-23-26-74(109-71)57-96-44-38-93(39-45-96)54-64-13-19-67(84)20-14-64/h9-20,69-74H,1,3-8,21-60H2,2H3,(H,85,101)(H,86,102)(H,87,98)(H,88,99)(H,89,100)(H,90,103). The summed E-state index contributed by atoms with van der Waals surface area (Å²) in [6.07, 6.45) is 7.19. The maximum atomic E-state index is 13.8. The molecule has 6 saturated heterocycles. The van der Waals surface area contributed by atoms with Crippen molar-refractivity contribution in [2.45, 2.75) is 178 Å². The Kier molecular flexibility index (Phi) is 37.1. The minimum Gasteiger partial charge on any atom is -0.378 e. The van der Waals surface area contributed by atoms with Crippen LogP contribution in [0.4, 0.5) is 13.2 Å². The first kappa shape index (κ1) is 86.2. The van der Waals surface area contributed by atoms with E-state index < -0.39 is 5.54 Å². The molecule has 25 nitrogen and oxygen atoms in total. The second kappa shape index (κ2) is 46.9. The summed E-state index contributed by atoms with van der Waals surface area (Å²) in [6.45, 7) is 22.4. The molecule has 28 heteroatoms. The van der Waals surface area contributed by atoms with E-state index in [-0.39, 0.29) is 199 Å². The number of allylic oxidation sites excluding steroid dienone is 1. The number of nitrogens with one attached hydrogen (secondary N) is 6. The fourth-order valence-electron chi connectivity index (χ4n) is 14.8. The van der Waals surface area contributed by atoms with Gasteiger partial charge in [-0.15, -0.1) is 6.58 Å². The van der Waals surface area contributed by atoms with E-state index in [4.69, 9.17) is 28.4 Å². The molecule has 9 rings (SSSR count). The smallest absolute Gasteiger partial charge is 0.222 e. The third-order valence-corrected chi connectivity index (χ3v) is 21.1. The molecule has 0 aromatic heterocycles. The van der Waals surface area contributed by atoms with Gasteiger partial charge in [-0.3, -0.25) is 63.0 Å². The summed E-state index contributed by atoms with van der Waals surface area (Å²) in [6, 6.07) is 20.0. The summed E-state index contributed by atoms with van der Waals surface area (Å²) in [4.78, 5) is 106. The van der Waals surface area contributed by atoms with Crippen molar-refractivity contribution in [1.82, 2.24) is 61.3 Å². The van der Waals surface area contributed by atoms with Crippen molar-refractivity contribution < 1.29 is 75.2 Å². The number of Topliss-reactive ketones (excluding diaryl/α,β-unsaturated/α-hetero) is 1. The average Bonchev–Trinajstić information content (AvgIpc) is 1.73. The van der Waals surface area contributed by atoms with Gasteiger partial charge in [0.15, 0.2) is 0 Å². The lowest BCUT2D eigenvalue weighted by Gasteiger charge is -2.35. The molecule has 6 atom stereocenters. The maximum Gasteiger partial charge on any atom is 0.222 e. The van der Waals surface area contributed by atoms with Gasteiger partial charge in [-0.2, -0.15) is 0 Å². The first-order valence-corrected chi connectivity index (χ1v) is 39.9. The lowest BCUT2D eigenvalue weighted by atomic mass is 10.0. The van der Waals surface area contributed by atoms with Gasteiger partial charge in [0, 0.05) is 202 Å². The van der Waals surface area contributed by atoms with Crippen molar-refractivity contribution in [3.63, 3.8) is 0 Å². The van der Waals surface area contributed by atoms with Gasteiger partial charge in [-0.1, -0.05) is 42.0 Å². The Balaban J connectivity index is 0.667. The van der Waals surface area contributed by atoms with E-state index in [9.17, 15) is 46.7 Å². The monoisotopic (exact) mass is 1530 g/mol. The normalized spacial score (nSPS) is 21.7. The Morgan fingerprint density at radius 3 is 1.05 bits per heavy atom. The van der Waals surface area contributed by atoms with Crippen LogP contribution in [0.5, 0.6) is 0 Å². The largest absolute Gasteiger partial charge is 0.378 e. The predicted octanol–water partition coefficient (Wildman–Crippen LogP) is 5.42. The van der Waals surface area contributed by atoms with Crippen LogP contribution in [0.1, 0.15) is 133 Å². The summed E-state index contributed by atoms with van der Waals surface area (Å²) in [5.74, 6) is -2.41. The fraction of sp³-hybridized carbons (Fsp3) is 0.667. The van der Waals surface area contributed by atoms with Gasteiger partial charge in [-0.25, -0.2) is 13.2 Å². The van der Waals surface area contributed by atoms with Crippen LogP contribution in [0.15, 0.2) is 84.9 Å². The van der Waals surface area contributed by atoms with Gasteiger partial charge in [0.25, 0.3) is 0 Å². The Bertz CT molecular complexity index is 2960. The second-order valence-corrected chi connectivity index (χ2v) is 30.5. The van der Waals surface area contributed by atoms with Gasteiger partial charge in [0.2, 0.25) is 35.4 Å². The third-order valence-electron chi connectivity index (χ3n) is 21.1. The molecule has 0 saturated carbocycles. The number of ether oxygens (including phenoxy) is 6. The first-order chi connectivity index (χ1) is 52.8. The van der Waals surface area contributed by atoms with Crippen molar-refractivity contribution in [2.75, 3.05) is 171 Å². The van der Waals surface area contributed by atoms with Crippen molar-refractivity contribution >= 4 is 41.2 Å². The number of hydrogen-bond donors (Lipinski definition) is 6. The number of nitrogens with zero attached hydrogens (tertiary/aromatic N) is 6. The van der Waals surface area contributed by atoms with E-state index in [1.807, 2.05) is 43.3 Å². The van der Waals surface area contributed by atoms with Crippen LogP contribution in [0.2, 0.25) is 0 Å². The summed E-state index contributed by atoms with van der Waals surface area (Å²) in [7, 11) is 0. The van der Waals surface area contributed by atoms with Gasteiger partial charge in [0.1, 0.15) is 28.8 Å². The minimum absolute atomic E-state index is 0.0141. The van der Waals surface area contributed by atoms with Crippen molar-refractivity contribution in [2.24, 2.45) is 0 Å². The molecule has 6 heterocycles. The zero-order valence-electron chi connectivity index (χ0n) is 64.3. The van der Waals surface area contributed by atoms with E-state index in [1.54, 1.807) is 0 Å². The number of halogens is 3. The van der Waals surface area contributed by atoms with Gasteiger partial charge < -0.3 is 60.3 Å². The third kappa shape index (κ3) is 33.6. The zero-order valence-corrected chi connectivity index (χ0v) is 64.3. The lowest BCUT2D eigenvalue weighted by Crippen LogP contribution is -2.58. The number of piperazine rings is 3. The molecule has 0 spiro atoms. The Hall–Kier alpha value is -6.80. The highest BCUT2D eigenvalue weighted by atomic mass is 19.1. The highest BCUT2D eigenvalue weighted by Crippen LogP contribution is 2.25. The quantitative estimate of drug-likeness (QED) is 0.0304. The molecule has 6 aliphatic rings. The molecular formula is C81H121F3N12O13. The van der Waals surface area contributed by atoms with E-state index in [0.717, 1.165) is 179 Å². The summed E-state index contributed by atoms with van der Waals surface area (Å²) < 4.78 is 77.6. The lowest BCUT2D eigenvalue weighted by molar-refractivity contribution is -0.130. The van der Waals surface area contributed by atoms with Gasteiger partial charge in [0.05, 0.1) is 76.3 Å². The molecule has 6 aliphatic heterocycles. The molecular weight excluding hydrogens is 1410 g/mol. The number of carbonyl (C=O) groups excluding carboxylic acids is 7. The van der Waals surface area contributed by atoms with E-state index in [0.29, 0.717) is 38.9 Å². The number of carbonyl (C=O) groups is 7. The molecule has 6 unspecified atom stereocenters. The summed E-state index contributed by atoms with van der Waals surface area (Å²) in [5, 5.41) is 17.6. The number of rotatable bonds is 48. The molecule has 0 aliphatic carbocycles. The SMILES string of the molecule is C=C(C)CCCC(=O)NC(COCCC(=O)CCCC(=O)NCC1CCC(CN2CCN(Cc3ccc(F)cc3)CC2)O1)(COCCC(=O)NCCC(=O)NCC1CCC(CN2CCN(Cc3ccc(F)cc3)CC2)O1)COCCC(=O)NCCC(=O)NCC1CCC(CN2CCN(Cc3ccc(F)cc3)CC2)O1. The molecule has 6 N–H and O–H groups in total. The topological polar surface area (TPSA) is 266 Å². The fourth-order valence-corrected chi connectivity index (χ4v) is 14.8. The van der Waals surface area contributed by atoms with Crippen molar-refractivity contribution in [1.29, 1.82) is 0 Å². The Labute approximate surface area is 642 Å². The van der Waals surface area contributed by atoms with Crippen LogP contribution < -0.4 is 31.9 Å². The molecule has 3 aromatic rings. The van der Waals surface area contributed by atoms with Crippen LogP contribution >= 0.6 is 0 Å². The molecule has 6 amide bonds. The maximum absolute atomic E-state index is 13.8. The van der Waals surface area contributed by atoms with E-state index in [1.165, 1.54) is 36.4 Å². The summed E-state index contributed by atoms with van der Waals surface area (Å²) >= 11 is 0. The molecule has 3 aromatic carbocycles. The molecule has 6 fully saturated rings. The number of amides is 6. The Morgan fingerprint density at radius 2 is 0.688 bits per heavy atom. The number of ketones is 1. The van der Waals surface area contributed by atoms with Crippen LogP contribution in [0, 0.1) is 17.5 Å². The average molecular weight is 1530 g/mol. The zero-order chi connectivity index (χ0) is 77.0. The summed E-state index contributed by atoms with van der Waals surface area (Å²) in [5.41, 5.74) is 2.86. The van der Waals surface area contributed by atoms with Crippen molar-refractivity contribution in [3.8, 4) is 0 Å². The molecule has 604 valence electrons. The molecule has 0 radical (unpaired) electrons. The molecule has 0 bridgehead atoms. The minimum atomic E-state index is -1.34. The van der Waals surface area contributed by atoms with E-state index in [2.05, 4.69) is 67.9 Å². The van der Waals surface area contributed by atoms with Crippen LogP contribution in [0.3, 0.4) is 0 Å². The number of benzene rings is 3. The van der Waals surface area contributed by atoms with Crippen LogP contribution in [-0.4, -0.2) is 283 Å². The van der Waals surface area contributed by atoms with E-state index >= 15 is 0 Å². The molecule has 109 heavy (non-hydrogen) atoms. The van der Waals surface area contributed by atoms with Crippen LogP contribution in [-0.2, 0) is 81.6 Å². The van der Waals surface area contributed by atoms with Crippen LogP contribution in [0.25, 0.3) is 0 Å². The second-order valence-electron chi connectivity index (χ2n) is 30.5.